The lowest BCUT2D eigenvalue weighted by Gasteiger charge is -2.12. The van der Waals surface area contributed by atoms with Crippen LogP contribution in [-0.2, 0) is 16.4 Å². The van der Waals surface area contributed by atoms with E-state index in [1.165, 1.54) is 23.6 Å². The van der Waals surface area contributed by atoms with Gasteiger partial charge in [0.05, 0.1) is 11.4 Å². The third-order valence-corrected chi connectivity index (χ3v) is 8.61. The number of carboxylic acids is 1. The first-order valence-corrected chi connectivity index (χ1v) is 15.0. The summed E-state index contributed by atoms with van der Waals surface area (Å²) >= 11 is 1.13. The first kappa shape index (κ1) is 26.9. The maximum absolute atomic E-state index is 14.8. The van der Waals surface area contributed by atoms with Gasteiger partial charge in [-0.05, 0) is 59.9 Å². The summed E-state index contributed by atoms with van der Waals surface area (Å²) < 4.78 is 53.9. The topological polar surface area (TPSA) is 128 Å². The van der Waals surface area contributed by atoms with E-state index in [0.29, 0.717) is 22.0 Å². The monoisotopic (exact) mass is 592 g/mol. The van der Waals surface area contributed by atoms with Crippen molar-refractivity contribution in [1.29, 1.82) is 0 Å². The van der Waals surface area contributed by atoms with Crippen LogP contribution in [-0.4, -0.2) is 34.3 Å². The molecule has 8 nitrogen and oxygen atoms in total. The van der Waals surface area contributed by atoms with Crippen molar-refractivity contribution in [2.75, 3.05) is 0 Å². The van der Waals surface area contributed by atoms with Gasteiger partial charge in [0.2, 0.25) is 15.2 Å². The van der Waals surface area contributed by atoms with E-state index >= 15 is 0 Å². The third-order valence-electron chi connectivity index (χ3n) is 6.85. The molecule has 0 atom stereocenters. The van der Waals surface area contributed by atoms with Crippen molar-refractivity contribution in [2.45, 2.75) is 30.1 Å². The summed E-state index contributed by atoms with van der Waals surface area (Å²) in [5.41, 5.74) is 4.71. The standard InChI is InChI=1S/C29H22F2N4O4S2/c30-21-6-2-4-19(14-21)18-3-1-5-20(13-18)27-22(11-16-7-10-25(23(31)12-16)41(32,38)39)26(17-8-9-17)34-35(27)29-33-24(15-40-29)28(36)37/h1-7,10,12-15,17H,8-9,11H2,(H,36,37)(H2,32,38,39). The van der Waals surface area contributed by atoms with Crippen LogP contribution in [0.15, 0.2) is 77.0 Å². The summed E-state index contributed by atoms with van der Waals surface area (Å²) in [5, 5.41) is 21.3. The third kappa shape index (κ3) is 5.41. The van der Waals surface area contributed by atoms with Crippen molar-refractivity contribution in [3.05, 3.63) is 106 Å². The molecule has 0 unspecified atom stereocenters. The van der Waals surface area contributed by atoms with Gasteiger partial charge in [-0.3, -0.25) is 0 Å². The number of carbonyl (C=O) groups is 1. The molecule has 0 spiro atoms. The van der Waals surface area contributed by atoms with Gasteiger partial charge in [-0.15, -0.1) is 11.3 Å². The smallest absolute Gasteiger partial charge is 0.355 e. The van der Waals surface area contributed by atoms with E-state index in [-0.39, 0.29) is 23.8 Å². The zero-order valence-electron chi connectivity index (χ0n) is 21.3. The number of primary sulfonamides is 1. The molecule has 0 aliphatic heterocycles. The number of aromatic carboxylic acids is 1. The molecular formula is C29H22F2N4O4S2. The van der Waals surface area contributed by atoms with E-state index in [1.54, 1.807) is 16.8 Å². The first-order chi connectivity index (χ1) is 19.6. The lowest BCUT2D eigenvalue weighted by molar-refractivity contribution is 0.0691. The molecule has 0 radical (unpaired) electrons. The van der Waals surface area contributed by atoms with Gasteiger partial charge in [-0.2, -0.15) is 5.10 Å². The van der Waals surface area contributed by atoms with Gasteiger partial charge < -0.3 is 5.11 Å². The van der Waals surface area contributed by atoms with Gasteiger partial charge in [-0.25, -0.2) is 36.8 Å². The molecule has 5 aromatic rings. The minimum Gasteiger partial charge on any atom is -0.476 e. The minimum absolute atomic E-state index is 0.116. The van der Waals surface area contributed by atoms with Crippen molar-refractivity contribution in [2.24, 2.45) is 5.14 Å². The summed E-state index contributed by atoms with van der Waals surface area (Å²) in [7, 11) is -4.23. The number of halogens is 2. The van der Waals surface area contributed by atoms with Crippen LogP contribution in [0.5, 0.6) is 0 Å². The highest BCUT2D eigenvalue weighted by atomic mass is 32.2. The lowest BCUT2D eigenvalue weighted by Crippen LogP contribution is -2.14. The zero-order valence-corrected chi connectivity index (χ0v) is 22.9. The van der Waals surface area contributed by atoms with Crippen LogP contribution in [0.3, 0.4) is 0 Å². The van der Waals surface area contributed by atoms with Gasteiger partial charge in [-0.1, -0.05) is 36.4 Å². The van der Waals surface area contributed by atoms with Crippen LogP contribution >= 0.6 is 11.3 Å². The van der Waals surface area contributed by atoms with Crippen LogP contribution in [0.2, 0.25) is 0 Å². The van der Waals surface area contributed by atoms with E-state index < -0.39 is 26.7 Å². The second-order valence-corrected chi connectivity index (χ2v) is 12.2. The summed E-state index contributed by atoms with van der Waals surface area (Å²) in [6, 6.07) is 17.5. The van der Waals surface area contributed by atoms with E-state index in [0.717, 1.165) is 58.7 Å². The number of sulfonamides is 1. The van der Waals surface area contributed by atoms with E-state index in [9.17, 15) is 27.1 Å². The van der Waals surface area contributed by atoms with Crippen LogP contribution in [0.4, 0.5) is 8.78 Å². The summed E-state index contributed by atoms with van der Waals surface area (Å²) in [6.07, 6.45) is 2.03. The molecule has 6 rings (SSSR count). The Balaban J connectivity index is 1.55. The number of carboxylic acid groups (broad SMARTS) is 1. The van der Waals surface area contributed by atoms with E-state index in [1.807, 2.05) is 24.3 Å². The lowest BCUT2D eigenvalue weighted by atomic mass is 9.95. The van der Waals surface area contributed by atoms with Gasteiger partial charge in [0.25, 0.3) is 0 Å². The fourth-order valence-corrected chi connectivity index (χ4v) is 6.17. The van der Waals surface area contributed by atoms with Crippen LogP contribution < -0.4 is 5.14 Å². The number of nitrogens with zero attached hydrogens (tertiary/aromatic N) is 3. The first-order valence-electron chi connectivity index (χ1n) is 12.6. The Labute approximate surface area is 237 Å². The summed E-state index contributed by atoms with van der Waals surface area (Å²) in [5.74, 6) is -2.33. The number of thiazole rings is 1. The van der Waals surface area contributed by atoms with Crippen LogP contribution in [0, 0.1) is 11.6 Å². The number of aromatic nitrogens is 3. The van der Waals surface area contributed by atoms with Gasteiger partial charge in [0.1, 0.15) is 16.5 Å². The number of hydrogen-bond acceptors (Lipinski definition) is 6. The molecule has 1 saturated carbocycles. The van der Waals surface area contributed by atoms with Crippen LogP contribution in [0.1, 0.15) is 46.1 Å². The minimum atomic E-state index is -4.23. The molecule has 0 amide bonds. The Morgan fingerprint density at radius 3 is 2.37 bits per heavy atom. The van der Waals surface area contributed by atoms with Crippen molar-refractivity contribution in [1.82, 2.24) is 14.8 Å². The quantitative estimate of drug-likeness (QED) is 0.236. The Morgan fingerprint density at radius 1 is 1.02 bits per heavy atom. The fraction of sp³-hybridized carbons (Fsp3) is 0.138. The predicted octanol–water partition coefficient (Wildman–Crippen LogP) is 5.75. The highest BCUT2D eigenvalue weighted by Crippen LogP contribution is 2.45. The van der Waals surface area contributed by atoms with E-state index in [2.05, 4.69) is 4.98 Å². The Morgan fingerprint density at radius 2 is 1.73 bits per heavy atom. The van der Waals surface area contributed by atoms with Gasteiger partial charge in [0.15, 0.2) is 5.69 Å². The molecule has 1 aliphatic carbocycles. The highest BCUT2D eigenvalue weighted by molar-refractivity contribution is 7.89. The van der Waals surface area contributed by atoms with Crippen molar-refractivity contribution < 1.29 is 27.1 Å². The average molecular weight is 593 g/mol. The Bertz CT molecular complexity index is 1930. The molecule has 1 aliphatic rings. The highest BCUT2D eigenvalue weighted by Gasteiger charge is 2.33. The number of nitrogens with two attached hydrogens (primary N) is 1. The molecule has 12 heteroatoms. The molecule has 41 heavy (non-hydrogen) atoms. The van der Waals surface area contributed by atoms with E-state index in [4.69, 9.17) is 10.2 Å². The maximum atomic E-state index is 14.8. The molecule has 3 N–H and O–H groups in total. The SMILES string of the molecule is NS(=O)(=O)c1ccc(Cc2c(C3CC3)nn(-c3nc(C(=O)O)cs3)c2-c2cccc(-c3cccc(F)c3)c2)cc1F. The fourth-order valence-electron chi connectivity index (χ4n) is 4.82. The average Bonchev–Trinajstić information content (AvgIpc) is 3.52. The van der Waals surface area contributed by atoms with Gasteiger partial charge in [0, 0.05) is 28.8 Å². The Hall–Kier alpha value is -4.26. The second kappa shape index (κ2) is 10.3. The normalized spacial score (nSPS) is 13.4. The van der Waals surface area contributed by atoms with Crippen molar-refractivity contribution in [3.63, 3.8) is 0 Å². The Kier molecular flexibility index (Phi) is 6.76. The van der Waals surface area contributed by atoms with Crippen molar-refractivity contribution in [3.8, 4) is 27.5 Å². The number of hydrogen-bond donors (Lipinski definition) is 2. The molecule has 0 saturated heterocycles. The second-order valence-electron chi connectivity index (χ2n) is 9.80. The zero-order chi connectivity index (χ0) is 28.9. The number of benzene rings is 3. The maximum Gasteiger partial charge on any atom is 0.355 e. The molecule has 208 valence electrons. The molecule has 3 aromatic carbocycles. The van der Waals surface area contributed by atoms with Crippen molar-refractivity contribution >= 4 is 27.3 Å². The molecule has 2 heterocycles. The predicted molar refractivity (Wildman–Crippen MR) is 150 cm³/mol. The molecular weight excluding hydrogens is 570 g/mol. The van der Waals surface area contributed by atoms with Gasteiger partial charge >= 0.3 is 5.97 Å². The van der Waals surface area contributed by atoms with Crippen LogP contribution in [0.25, 0.3) is 27.5 Å². The summed E-state index contributed by atoms with van der Waals surface area (Å²) in [4.78, 5) is 15.3. The molecule has 2 aromatic heterocycles. The molecule has 1 fully saturated rings. The molecule has 0 bridgehead atoms. The summed E-state index contributed by atoms with van der Waals surface area (Å²) in [6.45, 7) is 0. The largest absolute Gasteiger partial charge is 0.476 e. The number of rotatable bonds is 8.